The summed E-state index contributed by atoms with van der Waals surface area (Å²) in [6, 6.07) is 16.3. The van der Waals surface area contributed by atoms with E-state index in [4.69, 9.17) is 16.3 Å². The zero-order chi connectivity index (χ0) is 14.5. The number of piperidine rings is 1. The molecule has 1 heterocycles. The zero-order valence-electron chi connectivity index (χ0n) is 12.0. The fourth-order valence-corrected chi connectivity index (χ4v) is 2.85. The number of halogens is 1. The minimum Gasteiger partial charge on any atom is -0.489 e. The Balaban J connectivity index is 1.57. The maximum Gasteiger partial charge on any atom is 0.119 e. The van der Waals surface area contributed by atoms with Crippen LogP contribution in [0.4, 0.5) is 0 Å². The van der Waals surface area contributed by atoms with Gasteiger partial charge in [-0.3, -0.25) is 0 Å². The normalized spacial score (nSPS) is 18.4. The summed E-state index contributed by atoms with van der Waals surface area (Å²) in [5, 5.41) is 4.21. The molecule has 3 rings (SSSR count). The van der Waals surface area contributed by atoms with Crippen LogP contribution in [-0.2, 0) is 6.61 Å². The van der Waals surface area contributed by atoms with Crippen LogP contribution in [0.15, 0.2) is 48.5 Å². The highest BCUT2D eigenvalue weighted by Gasteiger charge is 2.14. The summed E-state index contributed by atoms with van der Waals surface area (Å²) in [5.41, 5.74) is 2.53. The Kier molecular flexibility index (Phi) is 4.79. The van der Waals surface area contributed by atoms with E-state index in [2.05, 4.69) is 29.6 Å². The van der Waals surface area contributed by atoms with Crippen molar-refractivity contribution >= 4 is 11.6 Å². The predicted molar refractivity (Wildman–Crippen MR) is 87.1 cm³/mol. The van der Waals surface area contributed by atoms with Crippen molar-refractivity contribution in [3.8, 4) is 5.75 Å². The average Bonchev–Trinajstić information content (AvgIpc) is 2.56. The summed E-state index contributed by atoms with van der Waals surface area (Å²) in [7, 11) is 0. The van der Waals surface area contributed by atoms with Crippen LogP contribution in [0.3, 0.4) is 0 Å². The predicted octanol–water partition coefficient (Wildman–Crippen LogP) is 4.39. The third-order valence-electron chi connectivity index (χ3n) is 3.97. The van der Waals surface area contributed by atoms with E-state index in [1.807, 2.05) is 24.3 Å². The molecule has 1 aliphatic rings. The number of ether oxygens (including phenoxy) is 1. The summed E-state index contributed by atoms with van der Waals surface area (Å²) in [6.07, 6.45) is 2.54. The molecule has 1 saturated heterocycles. The molecule has 1 fully saturated rings. The van der Waals surface area contributed by atoms with Crippen molar-refractivity contribution in [2.24, 2.45) is 0 Å². The minimum absolute atomic E-state index is 0.571. The highest BCUT2D eigenvalue weighted by molar-refractivity contribution is 6.30. The van der Waals surface area contributed by atoms with E-state index in [0.717, 1.165) is 29.4 Å². The van der Waals surface area contributed by atoms with Gasteiger partial charge in [0.25, 0.3) is 0 Å². The molecular formula is C18H20ClNO. The molecule has 0 aromatic heterocycles. The Labute approximate surface area is 131 Å². The molecule has 1 atom stereocenters. The van der Waals surface area contributed by atoms with Gasteiger partial charge in [-0.05, 0) is 60.7 Å². The molecule has 21 heavy (non-hydrogen) atoms. The number of hydrogen-bond acceptors (Lipinski definition) is 2. The van der Waals surface area contributed by atoms with Gasteiger partial charge in [0, 0.05) is 11.6 Å². The van der Waals surface area contributed by atoms with E-state index in [9.17, 15) is 0 Å². The Morgan fingerprint density at radius 3 is 2.48 bits per heavy atom. The highest BCUT2D eigenvalue weighted by Crippen LogP contribution is 2.25. The van der Waals surface area contributed by atoms with Crippen molar-refractivity contribution in [1.29, 1.82) is 0 Å². The standard InChI is InChI=1S/C18H20ClNO/c19-17-7-3-14(4-8-17)13-21-18-9-5-15(6-10-18)16-2-1-11-20-12-16/h3-10,16,20H,1-2,11-13H2. The second kappa shape index (κ2) is 6.97. The molecule has 0 amide bonds. The van der Waals surface area contributed by atoms with E-state index in [-0.39, 0.29) is 0 Å². The smallest absolute Gasteiger partial charge is 0.119 e. The Morgan fingerprint density at radius 1 is 1.05 bits per heavy atom. The van der Waals surface area contributed by atoms with Crippen molar-refractivity contribution in [1.82, 2.24) is 5.32 Å². The lowest BCUT2D eigenvalue weighted by Gasteiger charge is -2.23. The van der Waals surface area contributed by atoms with E-state index < -0.39 is 0 Å². The van der Waals surface area contributed by atoms with Gasteiger partial charge in [0.05, 0.1) is 0 Å². The van der Waals surface area contributed by atoms with Crippen LogP contribution in [0, 0.1) is 0 Å². The van der Waals surface area contributed by atoms with Gasteiger partial charge in [-0.15, -0.1) is 0 Å². The summed E-state index contributed by atoms with van der Waals surface area (Å²) >= 11 is 5.87. The number of benzene rings is 2. The Hall–Kier alpha value is -1.51. The van der Waals surface area contributed by atoms with Crippen molar-refractivity contribution < 1.29 is 4.74 Å². The minimum atomic E-state index is 0.571. The van der Waals surface area contributed by atoms with Crippen LogP contribution in [0.5, 0.6) is 5.75 Å². The van der Waals surface area contributed by atoms with E-state index in [0.29, 0.717) is 12.5 Å². The van der Waals surface area contributed by atoms with Crippen molar-refractivity contribution in [2.45, 2.75) is 25.4 Å². The van der Waals surface area contributed by atoms with Gasteiger partial charge in [0.1, 0.15) is 12.4 Å². The van der Waals surface area contributed by atoms with Crippen LogP contribution < -0.4 is 10.1 Å². The maximum atomic E-state index is 5.87. The average molecular weight is 302 g/mol. The molecule has 2 aromatic carbocycles. The molecule has 1 aliphatic heterocycles. The number of hydrogen-bond donors (Lipinski definition) is 1. The molecule has 0 radical (unpaired) electrons. The van der Waals surface area contributed by atoms with Crippen molar-refractivity contribution in [3.05, 3.63) is 64.7 Å². The summed E-state index contributed by atoms with van der Waals surface area (Å²) in [6.45, 7) is 2.81. The largest absolute Gasteiger partial charge is 0.489 e. The SMILES string of the molecule is Clc1ccc(COc2ccc(C3CCCNC3)cc2)cc1. The summed E-state index contributed by atoms with van der Waals surface area (Å²) in [5.74, 6) is 1.56. The molecule has 0 saturated carbocycles. The zero-order valence-corrected chi connectivity index (χ0v) is 12.8. The molecule has 2 nitrogen and oxygen atoms in total. The summed E-state index contributed by atoms with van der Waals surface area (Å²) in [4.78, 5) is 0. The molecule has 1 unspecified atom stereocenters. The monoisotopic (exact) mass is 301 g/mol. The molecule has 1 N–H and O–H groups in total. The van der Waals surface area contributed by atoms with Crippen LogP contribution in [-0.4, -0.2) is 13.1 Å². The maximum absolute atomic E-state index is 5.87. The van der Waals surface area contributed by atoms with E-state index in [1.54, 1.807) is 0 Å². The van der Waals surface area contributed by atoms with Gasteiger partial charge in [-0.25, -0.2) is 0 Å². The molecule has 3 heteroatoms. The topological polar surface area (TPSA) is 21.3 Å². The highest BCUT2D eigenvalue weighted by atomic mass is 35.5. The fraction of sp³-hybridized carbons (Fsp3) is 0.333. The third-order valence-corrected chi connectivity index (χ3v) is 4.22. The first-order valence-electron chi connectivity index (χ1n) is 7.49. The number of rotatable bonds is 4. The van der Waals surface area contributed by atoms with E-state index in [1.165, 1.54) is 18.4 Å². The third kappa shape index (κ3) is 3.99. The van der Waals surface area contributed by atoms with Crippen LogP contribution in [0.1, 0.15) is 29.9 Å². The lowest BCUT2D eigenvalue weighted by atomic mass is 9.92. The van der Waals surface area contributed by atoms with E-state index >= 15 is 0 Å². The Morgan fingerprint density at radius 2 is 1.81 bits per heavy atom. The van der Waals surface area contributed by atoms with Gasteiger partial charge >= 0.3 is 0 Å². The quantitative estimate of drug-likeness (QED) is 0.904. The van der Waals surface area contributed by atoms with Gasteiger partial charge < -0.3 is 10.1 Å². The first-order valence-corrected chi connectivity index (χ1v) is 7.87. The molecule has 0 aliphatic carbocycles. The molecule has 0 spiro atoms. The van der Waals surface area contributed by atoms with Crippen molar-refractivity contribution in [3.63, 3.8) is 0 Å². The lowest BCUT2D eigenvalue weighted by molar-refractivity contribution is 0.306. The van der Waals surface area contributed by atoms with Gasteiger partial charge in [0.15, 0.2) is 0 Å². The van der Waals surface area contributed by atoms with Crippen LogP contribution in [0.2, 0.25) is 5.02 Å². The molecule has 0 bridgehead atoms. The first kappa shape index (κ1) is 14.4. The lowest BCUT2D eigenvalue weighted by Crippen LogP contribution is -2.28. The fourth-order valence-electron chi connectivity index (χ4n) is 2.72. The van der Waals surface area contributed by atoms with Gasteiger partial charge in [-0.2, -0.15) is 0 Å². The van der Waals surface area contributed by atoms with Crippen LogP contribution in [0.25, 0.3) is 0 Å². The second-order valence-electron chi connectivity index (χ2n) is 5.53. The summed E-state index contributed by atoms with van der Waals surface area (Å²) < 4.78 is 5.82. The van der Waals surface area contributed by atoms with Crippen LogP contribution >= 0.6 is 11.6 Å². The van der Waals surface area contributed by atoms with Gasteiger partial charge in [0.2, 0.25) is 0 Å². The molecule has 2 aromatic rings. The van der Waals surface area contributed by atoms with Gasteiger partial charge in [-0.1, -0.05) is 35.9 Å². The molecular weight excluding hydrogens is 282 g/mol. The Bertz CT molecular complexity index is 559. The van der Waals surface area contributed by atoms with Crippen molar-refractivity contribution in [2.75, 3.05) is 13.1 Å². The molecule has 110 valence electrons. The number of nitrogens with one attached hydrogen (secondary N) is 1. The first-order chi connectivity index (χ1) is 10.3. The second-order valence-corrected chi connectivity index (χ2v) is 5.96.